The lowest BCUT2D eigenvalue weighted by Crippen LogP contribution is -2.22. The third-order valence-electron chi connectivity index (χ3n) is 6.16. The molecule has 7 nitrogen and oxygen atoms in total. The Bertz CT molecular complexity index is 1130. The third kappa shape index (κ3) is 5.18. The van der Waals surface area contributed by atoms with E-state index in [9.17, 15) is 14.3 Å². The molecular formula is C26H25FN2O5. The fourth-order valence-corrected chi connectivity index (χ4v) is 4.49. The zero-order chi connectivity index (χ0) is 23.5. The van der Waals surface area contributed by atoms with Crippen LogP contribution in [0.2, 0.25) is 0 Å². The number of benzene rings is 2. The van der Waals surface area contributed by atoms with Gasteiger partial charge in [0.25, 0.3) is 6.23 Å². The van der Waals surface area contributed by atoms with Crippen LogP contribution in [0.15, 0.2) is 66.7 Å². The maximum absolute atomic E-state index is 13.1. The Balaban J connectivity index is 1.22. The summed E-state index contributed by atoms with van der Waals surface area (Å²) in [5.41, 5.74) is 1.71. The maximum atomic E-state index is 13.1. The molecule has 1 aliphatic carbocycles. The summed E-state index contributed by atoms with van der Waals surface area (Å²) in [7, 11) is 0. The second kappa shape index (κ2) is 9.79. The third-order valence-corrected chi connectivity index (χ3v) is 6.16. The van der Waals surface area contributed by atoms with Gasteiger partial charge < -0.3 is 14.6 Å². The van der Waals surface area contributed by atoms with Crippen LogP contribution in [0.3, 0.4) is 0 Å². The fourth-order valence-electron chi connectivity index (χ4n) is 4.49. The van der Waals surface area contributed by atoms with Crippen molar-refractivity contribution in [2.24, 2.45) is 5.92 Å². The van der Waals surface area contributed by atoms with Gasteiger partial charge >= 0.3 is 5.97 Å². The summed E-state index contributed by atoms with van der Waals surface area (Å²) in [6, 6.07) is 18.8. The fraction of sp³-hybridized carbons (Fsp3) is 0.308. The summed E-state index contributed by atoms with van der Waals surface area (Å²) in [6.07, 6.45) is 3.58. The van der Waals surface area contributed by atoms with Gasteiger partial charge in [0.05, 0.1) is 11.7 Å². The van der Waals surface area contributed by atoms with Crippen LogP contribution < -0.4 is 9.47 Å². The second-order valence-corrected chi connectivity index (χ2v) is 8.53. The minimum atomic E-state index is -0.957. The topological polar surface area (TPSA) is 84.2 Å². The van der Waals surface area contributed by atoms with Gasteiger partial charge in [-0.1, -0.05) is 31.0 Å². The van der Waals surface area contributed by atoms with Gasteiger partial charge in [-0.05, 0) is 66.8 Å². The summed E-state index contributed by atoms with van der Waals surface area (Å²) in [6.45, 7) is 0.252. The highest BCUT2D eigenvalue weighted by Crippen LogP contribution is 2.45. The molecule has 34 heavy (non-hydrogen) atoms. The molecule has 1 aromatic heterocycles. The van der Waals surface area contributed by atoms with Crippen LogP contribution in [0.5, 0.6) is 17.4 Å². The second-order valence-electron chi connectivity index (χ2n) is 8.53. The van der Waals surface area contributed by atoms with Gasteiger partial charge in [0, 0.05) is 6.07 Å². The molecule has 1 N–H and O–H groups in total. The molecule has 5 rings (SSSR count). The molecule has 0 amide bonds. The molecule has 0 spiro atoms. The highest BCUT2D eigenvalue weighted by molar-refractivity contribution is 5.73. The van der Waals surface area contributed by atoms with E-state index in [2.05, 4.69) is 4.98 Å². The SMILES string of the molecule is O=C(O)[C@@H]1ON1C(c1ccc(OCc2cccc(Oc3ccc(F)cc3)n2)cc1)C1CCCC1. The summed E-state index contributed by atoms with van der Waals surface area (Å²) in [5.74, 6) is 0.674. The monoisotopic (exact) mass is 464 g/mol. The number of hydroxylamine groups is 2. The van der Waals surface area contributed by atoms with Crippen molar-refractivity contribution >= 4 is 5.97 Å². The largest absolute Gasteiger partial charge is 0.487 e. The zero-order valence-corrected chi connectivity index (χ0v) is 18.5. The number of pyridine rings is 1. The standard InChI is InChI=1S/C26H25FN2O5/c27-19-10-14-22(15-11-19)33-23-7-3-6-20(28-23)16-32-21-12-8-18(9-13-21)24(17-4-1-2-5-17)29-25(34-29)26(30)31/h3,6-15,17,24-25H,1-2,4-5,16H2,(H,30,31)/t24?,25-,29?/m0/s1. The van der Waals surface area contributed by atoms with Crippen LogP contribution >= 0.6 is 0 Å². The normalized spacial score (nSPS) is 20.6. The van der Waals surface area contributed by atoms with E-state index < -0.39 is 12.2 Å². The van der Waals surface area contributed by atoms with Crippen molar-refractivity contribution in [3.63, 3.8) is 0 Å². The van der Waals surface area contributed by atoms with Gasteiger partial charge in [0.2, 0.25) is 5.88 Å². The number of aliphatic carboxylic acids is 1. The molecule has 1 aliphatic heterocycles. The summed E-state index contributed by atoms with van der Waals surface area (Å²) in [5, 5.41) is 10.9. The molecule has 1 saturated heterocycles. The predicted molar refractivity (Wildman–Crippen MR) is 121 cm³/mol. The number of carbonyl (C=O) groups is 1. The first-order chi connectivity index (χ1) is 16.6. The van der Waals surface area contributed by atoms with Gasteiger partial charge in [-0.3, -0.25) is 4.84 Å². The van der Waals surface area contributed by atoms with Crippen molar-refractivity contribution in [1.29, 1.82) is 0 Å². The number of hydrogen-bond donors (Lipinski definition) is 1. The first kappa shape index (κ1) is 22.3. The Morgan fingerprint density at radius 3 is 2.44 bits per heavy atom. The van der Waals surface area contributed by atoms with E-state index >= 15 is 0 Å². The molecular weight excluding hydrogens is 439 g/mol. The molecule has 8 heteroatoms. The number of rotatable bonds is 9. The van der Waals surface area contributed by atoms with Crippen molar-refractivity contribution in [3.05, 3.63) is 83.8 Å². The van der Waals surface area contributed by atoms with Crippen molar-refractivity contribution in [2.75, 3.05) is 0 Å². The van der Waals surface area contributed by atoms with E-state index in [0.29, 0.717) is 29.0 Å². The van der Waals surface area contributed by atoms with E-state index in [4.69, 9.17) is 14.3 Å². The maximum Gasteiger partial charge on any atom is 0.352 e. The van der Waals surface area contributed by atoms with Crippen LogP contribution in [0.25, 0.3) is 0 Å². The van der Waals surface area contributed by atoms with Crippen molar-refractivity contribution in [3.8, 4) is 17.4 Å². The average molecular weight is 464 g/mol. The van der Waals surface area contributed by atoms with Crippen molar-refractivity contribution in [1.82, 2.24) is 10.0 Å². The smallest absolute Gasteiger partial charge is 0.352 e. The van der Waals surface area contributed by atoms with Crippen LogP contribution in [-0.4, -0.2) is 27.4 Å². The summed E-state index contributed by atoms with van der Waals surface area (Å²) in [4.78, 5) is 21.1. The highest BCUT2D eigenvalue weighted by Gasteiger charge is 2.51. The number of hydrogen-bond acceptors (Lipinski definition) is 6. The number of carboxylic acids is 1. The van der Waals surface area contributed by atoms with E-state index in [1.54, 1.807) is 23.3 Å². The lowest BCUT2D eigenvalue weighted by atomic mass is 9.91. The quantitative estimate of drug-likeness (QED) is 0.420. The van der Waals surface area contributed by atoms with E-state index in [1.807, 2.05) is 36.4 Å². The lowest BCUT2D eigenvalue weighted by molar-refractivity contribution is -0.138. The predicted octanol–water partition coefficient (Wildman–Crippen LogP) is 5.48. The van der Waals surface area contributed by atoms with Crippen LogP contribution in [-0.2, 0) is 16.2 Å². The Kier molecular flexibility index (Phi) is 6.42. The van der Waals surface area contributed by atoms with Crippen LogP contribution in [0, 0.1) is 11.7 Å². The molecule has 2 aromatic carbocycles. The van der Waals surface area contributed by atoms with Gasteiger partial charge in [0.15, 0.2) is 0 Å². The number of halogens is 1. The Hall–Kier alpha value is -3.49. The number of aromatic nitrogens is 1. The van der Waals surface area contributed by atoms with Crippen LogP contribution in [0.1, 0.15) is 43.0 Å². The molecule has 2 unspecified atom stereocenters. The first-order valence-corrected chi connectivity index (χ1v) is 11.4. The molecule has 0 radical (unpaired) electrons. The molecule has 2 fully saturated rings. The molecule has 0 bridgehead atoms. The van der Waals surface area contributed by atoms with E-state index in [0.717, 1.165) is 31.2 Å². The summed E-state index contributed by atoms with van der Waals surface area (Å²) < 4.78 is 24.7. The Morgan fingerprint density at radius 1 is 1.06 bits per heavy atom. The minimum Gasteiger partial charge on any atom is -0.487 e. The summed E-state index contributed by atoms with van der Waals surface area (Å²) >= 11 is 0. The van der Waals surface area contributed by atoms with Crippen LogP contribution in [0.4, 0.5) is 4.39 Å². The number of carboxylic acid groups (broad SMARTS) is 1. The van der Waals surface area contributed by atoms with Gasteiger partial charge in [-0.15, -0.1) is 5.06 Å². The molecule has 3 aromatic rings. The molecule has 176 valence electrons. The van der Waals surface area contributed by atoms with Gasteiger partial charge in [-0.2, -0.15) is 0 Å². The van der Waals surface area contributed by atoms with Gasteiger partial charge in [-0.25, -0.2) is 14.2 Å². The Morgan fingerprint density at radius 2 is 1.76 bits per heavy atom. The minimum absolute atomic E-state index is 0.0698. The van der Waals surface area contributed by atoms with Gasteiger partial charge in [0.1, 0.15) is 23.9 Å². The highest BCUT2D eigenvalue weighted by atomic mass is 19.1. The number of nitrogens with zero attached hydrogens (tertiary/aromatic N) is 2. The van der Waals surface area contributed by atoms with E-state index in [-0.39, 0.29) is 18.5 Å². The molecule has 3 atom stereocenters. The number of ether oxygens (including phenoxy) is 2. The molecule has 1 saturated carbocycles. The Labute approximate surface area is 196 Å². The lowest BCUT2D eigenvalue weighted by Gasteiger charge is -2.23. The molecule has 2 aliphatic rings. The molecule has 2 heterocycles. The van der Waals surface area contributed by atoms with E-state index in [1.165, 1.54) is 12.1 Å². The zero-order valence-electron chi connectivity index (χ0n) is 18.5. The van der Waals surface area contributed by atoms with Crippen molar-refractivity contribution in [2.45, 2.75) is 44.6 Å². The average Bonchev–Trinajstić information content (AvgIpc) is 3.45. The first-order valence-electron chi connectivity index (χ1n) is 11.4. The van der Waals surface area contributed by atoms with Crippen molar-refractivity contribution < 1.29 is 28.6 Å².